The first kappa shape index (κ1) is 11.0. The lowest BCUT2D eigenvalue weighted by Crippen LogP contribution is -1.80. The number of azide groups is 1. The third-order valence-corrected chi connectivity index (χ3v) is 2.13. The van der Waals surface area contributed by atoms with Crippen LogP contribution < -0.4 is 0 Å². The molecule has 0 bridgehead atoms. The van der Waals surface area contributed by atoms with Crippen molar-refractivity contribution in [3.63, 3.8) is 0 Å². The van der Waals surface area contributed by atoms with Crippen LogP contribution in [0.2, 0.25) is 0 Å². The third kappa shape index (κ3) is 3.64. The molecule has 0 unspecified atom stereocenters. The Morgan fingerprint density at radius 2 is 2.60 bits per heavy atom. The Morgan fingerprint density at radius 3 is 3.20 bits per heavy atom. The average molecular weight is 223 g/mol. The molecule has 0 fully saturated rings. The predicted molar refractivity (Wildman–Crippen MR) is 54.3 cm³/mol. The van der Waals surface area contributed by atoms with E-state index in [0.29, 0.717) is 11.4 Å². The fraction of sp³-hybridized carbons (Fsp3) is 0.286. The summed E-state index contributed by atoms with van der Waals surface area (Å²) in [7, 11) is 0. The van der Waals surface area contributed by atoms with Gasteiger partial charge in [-0.25, -0.2) is 4.98 Å². The lowest BCUT2D eigenvalue weighted by molar-refractivity contribution is -0.380. The van der Waals surface area contributed by atoms with Crippen molar-refractivity contribution in [2.24, 2.45) is 5.11 Å². The molecule has 15 heavy (non-hydrogen) atoms. The second-order valence-corrected chi connectivity index (χ2v) is 3.28. The van der Waals surface area contributed by atoms with Gasteiger partial charge in [-0.1, -0.05) is 11.0 Å². The molecule has 1 rings (SSSR count). The van der Waals surface area contributed by atoms with Gasteiger partial charge >= 0.3 is 5.00 Å². The van der Waals surface area contributed by atoms with Crippen molar-refractivity contribution in [1.82, 2.24) is 4.98 Å². The topological polar surface area (TPSA) is 105 Å². The molecule has 7 nitrogen and oxygen atoms in total. The highest BCUT2D eigenvalue weighted by Gasteiger charge is 2.09. The molecule has 0 saturated heterocycles. The molecule has 0 N–H and O–H groups in total. The summed E-state index contributed by atoms with van der Waals surface area (Å²) in [5.41, 5.74) is 7.97. The minimum atomic E-state index is -0.511. The zero-order valence-corrected chi connectivity index (χ0v) is 8.27. The van der Waals surface area contributed by atoms with Crippen molar-refractivity contribution in [1.29, 1.82) is 0 Å². The third-order valence-electron chi connectivity index (χ3n) is 1.27. The Morgan fingerprint density at radius 1 is 1.80 bits per heavy atom. The van der Waals surface area contributed by atoms with Gasteiger partial charge in [-0.2, -0.15) is 0 Å². The monoisotopic (exact) mass is 223 g/mol. The molecular formula is C7H5N5O2S. The number of hydrogen-bond acceptors (Lipinski definition) is 5. The van der Waals surface area contributed by atoms with Gasteiger partial charge in [0.25, 0.3) is 0 Å². The highest BCUT2D eigenvalue weighted by Crippen LogP contribution is 2.19. The van der Waals surface area contributed by atoms with Gasteiger partial charge in [0.1, 0.15) is 6.20 Å². The van der Waals surface area contributed by atoms with Crippen molar-refractivity contribution in [3.8, 4) is 11.8 Å². The molecule has 0 aliphatic heterocycles. The maximum Gasteiger partial charge on any atom is 0.344 e. The molecule has 0 aromatic carbocycles. The van der Waals surface area contributed by atoms with Gasteiger partial charge in [0.15, 0.2) is 5.01 Å². The van der Waals surface area contributed by atoms with Gasteiger partial charge in [0.2, 0.25) is 0 Å². The Hall–Kier alpha value is -2.10. The number of hydrogen-bond donors (Lipinski definition) is 0. The highest BCUT2D eigenvalue weighted by molar-refractivity contribution is 7.15. The highest BCUT2D eigenvalue weighted by atomic mass is 32.1. The number of thiazole rings is 1. The molecule has 1 aromatic heterocycles. The van der Waals surface area contributed by atoms with Gasteiger partial charge in [0, 0.05) is 17.9 Å². The minimum Gasteiger partial charge on any atom is -0.257 e. The van der Waals surface area contributed by atoms with Gasteiger partial charge in [0.05, 0.1) is 4.92 Å². The molecule has 1 heterocycles. The van der Waals surface area contributed by atoms with Crippen LogP contribution in [-0.4, -0.2) is 16.5 Å². The fourth-order valence-corrected chi connectivity index (χ4v) is 1.30. The Balaban J connectivity index is 2.56. The van der Waals surface area contributed by atoms with E-state index in [0.717, 1.165) is 11.3 Å². The van der Waals surface area contributed by atoms with Crippen LogP contribution in [0.3, 0.4) is 0 Å². The lowest BCUT2D eigenvalue weighted by Gasteiger charge is -1.78. The SMILES string of the molecule is [N-]=[N+]=NCCC#Cc1ncc([N+](=O)[O-])s1. The van der Waals surface area contributed by atoms with Crippen molar-refractivity contribution in [3.05, 3.63) is 31.8 Å². The molecule has 0 aliphatic rings. The Kier molecular flexibility index (Phi) is 4.09. The first-order valence-electron chi connectivity index (χ1n) is 3.84. The predicted octanol–water partition coefficient (Wildman–Crippen LogP) is 2.10. The van der Waals surface area contributed by atoms with E-state index in [1.165, 1.54) is 6.20 Å². The summed E-state index contributed by atoms with van der Waals surface area (Å²) in [5, 5.41) is 13.9. The first-order valence-corrected chi connectivity index (χ1v) is 4.65. The van der Waals surface area contributed by atoms with E-state index in [-0.39, 0.29) is 11.5 Å². The second-order valence-electron chi connectivity index (χ2n) is 2.27. The molecule has 76 valence electrons. The van der Waals surface area contributed by atoms with Crippen LogP contribution in [0.5, 0.6) is 0 Å². The molecule has 0 amide bonds. The van der Waals surface area contributed by atoms with Crippen LogP contribution in [0.15, 0.2) is 11.3 Å². The lowest BCUT2D eigenvalue weighted by atomic mass is 10.4. The molecule has 1 aromatic rings. The first-order chi connectivity index (χ1) is 7.24. The molecule has 8 heteroatoms. The van der Waals surface area contributed by atoms with Gasteiger partial charge < -0.3 is 0 Å². The van der Waals surface area contributed by atoms with Crippen LogP contribution in [0.4, 0.5) is 5.00 Å². The smallest absolute Gasteiger partial charge is 0.257 e. The van der Waals surface area contributed by atoms with Crippen LogP contribution in [0, 0.1) is 22.0 Å². The van der Waals surface area contributed by atoms with Crippen molar-refractivity contribution in [2.75, 3.05) is 6.54 Å². The summed E-state index contributed by atoms with van der Waals surface area (Å²) < 4.78 is 0. The summed E-state index contributed by atoms with van der Waals surface area (Å²) in [6.07, 6.45) is 1.58. The second kappa shape index (κ2) is 5.59. The molecule has 0 spiro atoms. The maximum absolute atomic E-state index is 10.3. The van der Waals surface area contributed by atoms with Crippen molar-refractivity contribution >= 4 is 16.3 Å². The minimum absolute atomic E-state index is 0.0330. The largest absolute Gasteiger partial charge is 0.344 e. The Bertz CT molecular complexity index is 465. The van der Waals surface area contributed by atoms with Gasteiger partial charge in [-0.05, 0) is 22.8 Å². The number of rotatable bonds is 3. The van der Waals surface area contributed by atoms with Crippen LogP contribution in [0.25, 0.3) is 10.4 Å². The summed E-state index contributed by atoms with van der Waals surface area (Å²) in [6.45, 7) is 0.289. The van der Waals surface area contributed by atoms with E-state index >= 15 is 0 Å². The molecular weight excluding hydrogens is 218 g/mol. The quantitative estimate of drug-likeness (QED) is 0.149. The Labute approximate surface area is 88.5 Å². The van der Waals surface area contributed by atoms with E-state index in [9.17, 15) is 10.1 Å². The zero-order valence-electron chi connectivity index (χ0n) is 7.45. The summed E-state index contributed by atoms with van der Waals surface area (Å²) in [4.78, 5) is 16.1. The van der Waals surface area contributed by atoms with Gasteiger partial charge in [-0.3, -0.25) is 10.1 Å². The standard InChI is InChI=1S/C7H5N5O2S/c8-11-10-4-2-1-3-6-9-5-7(15-6)12(13)14/h5H,2,4H2. The number of nitro groups is 1. The molecule has 0 aliphatic carbocycles. The van der Waals surface area contributed by atoms with Crippen LogP contribution in [-0.2, 0) is 0 Å². The molecule has 0 radical (unpaired) electrons. The van der Waals surface area contributed by atoms with Crippen molar-refractivity contribution in [2.45, 2.75) is 6.42 Å². The van der Waals surface area contributed by atoms with E-state index in [1.54, 1.807) is 0 Å². The fourth-order valence-electron chi connectivity index (χ4n) is 0.697. The average Bonchev–Trinajstić information content (AvgIpc) is 2.66. The van der Waals surface area contributed by atoms with E-state index in [4.69, 9.17) is 5.53 Å². The maximum atomic E-state index is 10.3. The van der Waals surface area contributed by atoms with Crippen LogP contribution in [0.1, 0.15) is 11.4 Å². The zero-order chi connectivity index (χ0) is 11.1. The van der Waals surface area contributed by atoms with E-state index < -0.39 is 4.92 Å². The summed E-state index contributed by atoms with van der Waals surface area (Å²) in [5.74, 6) is 5.35. The number of nitrogens with zero attached hydrogens (tertiary/aromatic N) is 5. The van der Waals surface area contributed by atoms with Crippen molar-refractivity contribution < 1.29 is 4.92 Å². The van der Waals surface area contributed by atoms with Crippen LogP contribution >= 0.6 is 11.3 Å². The van der Waals surface area contributed by atoms with E-state index in [1.807, 2.05) is 0 Å². The summed E-state index contributed by atoms with van der Waals surface area (Å²) in [6, 6.07) is 0. The summed E-state index contributed by atoms with van der Waals surface area (Å²) >= 11 is 0.918. The number of aromatic nitrogens is 1. The molecule has 0 atom stereocenters. The van der Waals surface area contributed by atoms with E-state index in [2.05, 4.69) is 26.9 Å². The normalized spacial score (nSPS) is 8.53. The van der Waals surface area contributed by atoms with Gasteiger partial charge in [-0.15, -0.1) is 0 Å². The molecule has 0 saturated carbocycles.